The SMILES string of the molecule is CC(C)(C(=O)O)C1CC=C(OC2NC3CC(Cl)C(c4ccc(N5CCOCC5)cc4)=NC3N2)C=C1F. The second-order valence-corrected chi connectivity index (χ2v) is 10.7. The number of benzene rings is 1. The molecule has 5 rings (SSSR count). The number of alkyl halides is 1. The van der Waals surface area contributed by atoms with Gasteiger partial charge in [0, 0.05) is 36.8 Å². The van der Waals surface area contributed by atoms with Crippen molar-refractivity contribution in [3.63, 3.8) is 0 Å². The minimum Gasteiger partial charge on any atom is -0.481 e. The molecule has 194 valence electrons. The Hall–Kier alpha value is -2.46. The maximum absolute atomic E-state index is 14.7. The molecule has 5 atom stereocenters. The Bertz CT molecular complexity index is 1080. The van der Waals surface area contributed by atoms with Gasteiger partial charge in [0.1, 0.15) is 17.8 Å². The highest BCUT2D eigenvalue weighted by Gasteiger charge is 2.42. The lowest BCUT2D eigenvalue weighted by Crippen LogP contribution is -2.42. The summed E-state index contributed by atoms with van der Waals surface area (Å²) in [5, 5.41) is 15.8. The predicted octanol–water partition coefficient (Wildman–Crippen LogP) is 3.38. The Labute approximate surface area is 215 Å². The fourth-order valence-electron chi connectivity index (χ4n) is 5.13. The van der Waals surface area contributed by atoms with Gasteiger partial charge in [-0.15, -0.1) is 11.6 Å². The summed E-state index contributed by atoms with van der Waals surface area (Å²) in [6, 6.07) is 8.29. The molecule has 2 fully saturated rings. The number of carbonyl (C=O) groups is 1. The predicted molar refractivity (Wildman–Crippen MR) is 136 cm³/mol. The zero-order valence-electron chi connectivity index (χ0n) is 20.4. The van der Waals surface area contributed by atoms with E-state index in [4.69, 9.17) is 26.1 Å². The van der Waals surface area contributed by atoms with Crippen LogP contribution in [0.2, 0.25) is 0 Å². The Balaban J connectivity index is 1.23. The first-order valence-corrected chi connectivity index (χ1v) is 12.8. The van der Waals surface area contributed by atoms with Crippen LogP contribution in [0.15, 0.2) is 53.0 Å². The summed E-state index contributed by atoms with van der Waals surface area (Å²) in [6.07, 6.45) is 3.15. The van der Waals surface area contributed by atoms with Crippen LogP contribution in [0.1, 0.15) is 32.3 Å². The Morgan fingerprint density at radius 3 is 2.64 bits per heavy atom. The number of aliphatic carboxylic acids is 1. The molecule has 0 radical (unpaired) electrons. The summed E-state index contributed by atoms with van der Waals surface area (Å²) in [7, 11) is 0. The number of rotatable bonds is 6. The molecule has 0 amide bonds. The highest BCUT2D eigenvalue weighted by molar-refractivity contribution is 6.35. The number of aliphatic imine (C=N–C) groups is 1. The molecule has 2 saturated heterocycles. The van der Waals surface area contributed by atoms with Crippen molar-refractivity contribution >= 4 is 29.0 Å². The third-order valence-corrected chi connectivity index (χ3v) is 7.87. The van der Waals surface area contributed by atoms with Gasteiger partial charge >= 0.3 is 5.97 Å². The number of halogens is 2. The molecule has 3 aliphatic heterocycles. The molecule has 0 bridgehead atoms. The number of nitrogens with zero attached hydrogens (tertiary/aromatic N) is 2. The molecular weight excluding hydrogens is 487 g/mol. The number of morpholine rings is 1. The Morgan fingerprint density at radius 2 is 1.97 bits per heavy atom. The van der Waals surface area contributed by atoms with Gasteiger partial charge in [-0.25, -0.2) is 9.71 Å². The number of carboxylic acid groups (broad SMARTS) is 1. The van der Waals surface area contributed by atoms with Crippen molar-refractivity contribution in [3.05, 3.63) is 53.6 Å². The van der Waals surface area contributed by atoms with Crippen LogP contribution < -0.4 is 15.5 Å². The van der Waals surface area contributed by atoms with Gasteiger partial charge in [0.25, 0.3) is 0 Å². The van der Waals surface area contributed by atoms with Crippen molar-refractivity contribution in [3.8, 4) is 0 Å². The average molecular weight is 519 g/mol. The minimum absolute atomic E-state index is 0.0226. The summed E-state index contributed by atoms with van der Waals surface area (Å²) in [4.78, 5) is 18.7. The first-order valence-electron chi connectivity index (χ1n) is 12.4. The number of hydrogen-bond donors (Lipinski definition) is 3. The molecule has 36 heavy (non-hydrogen) atoms. The van der Waals surface area contributed by atoms with Crippen LogP contribution in [-0.4, -0.2) is 67.0 Å². The first kappa shape index (κ1) is 25.2. The van der Waals surface area contributed by atoms with E-state index >= 15 is 0 Å². The molecule has 0 aromatic heterocycles. The van der Waals surface area contributed by atoms with E-state index < -0.39 is 29.5 Å². The van der Waals surface area contributed by atoms with Crippen LogP contribution in [0.3, 0.4) is 0 Å². The third kappa shape index (κ3) is 5.02. The number of allylic oxidation sites excluding steroid dienone is 3. The van der Waals surface area contributed by atoms with Crippen LogP contribution in [0.4, 0.5) is 10.1 Å². The smallest absolute Gasteiger partial charge is 0.309 e. The quantitative estimate of drug-likeness (QED) is 0.497. The van der Waals surface area contributed by atoms with Crippen molar-refractivity contribution in [2.45, 2.75) is 50.6 Å². The van der Waals surface area contributed by atoms with E-state index in [9.17, 15) is 14.3 Å². The van der Waals surface area contributed by atoms with Crippen LogP contribution in [0.5, 0.6) is 0 Å². The Morgan fingerprint density at radius 1 is 1.25 bits per heavy atom. The van der Waals surface area contributed by atoms with Crippen LogP contribution >= 0.6 is 11.6 Å². The lowest BCUT2D eigenvalue weighted by Gasteiger charge is -2.31. The highest BCUT2D eigenvalue weighted by Crippen LogP contribution is 2.40. The van der Waals surface area contributed by atoms with Crippen molar-refractivity contribution < 1.29 is 23.8 Å². The van der Waals surface area contributed by atoms with Gasteiger partial charge < -0.3 is 19.5 Å². The fourth-order valence-corrected chi connectivity index (χ4v) is 5.51. The molecule has 0 saturated carbocycles. The van der Waals surface area contributed by atoms with Crippen LogP contribution in [-0.2, 0) is 14.3 Å². The van der Waals surface area contributed by atoms with E-state index in [1.165, 1.54) is 19.9 Å². The van der Waals surface area contributed by atoms with Crippen molar-refractivity contribution in [2.75, 3.05) is 31.2 Å². The van der Waals surface area contributed by atoms with Gasteiger partial charge in [-0.3, -0.25) is 15.1 Å². The summed E-state index contributed by atoms with van der Waals surface area (Å²) < 4.78 is 26.1. The standard InChI is InChI=1S/C26H32ClFN4O4/c1-26(2,24(33)34)18-8-7-17(13-20(18)28)36-25-29-21-14-19(27)22(30-23(21)31-25)15-3-5-16(6-4-15)32-9-11-35-12-10-32/h3-7,13,18-19,21,23,25,29,31H,8-12,14H2,1-2H3,(H,33,34). The molecule has 0 spiro atoms. The van der Waals surface area contributed by atoms with Crippen molar-refractivity contribution in [1.82, 2.24) is 10.6 Å². The van der Waals surface area contributed by atoms with E-state index in [1.807, 2.05) is 0 Å². The molecular formula is C26H32ClFN4O4. The van der Waals surface area contributed by atoms with Gasteiger partial charge in [0.2, 0.25) is 6.35 Å². The largest absolute Gasteiger partial charge is 0.481 e. The van der Waals surface area contributed by atoms with Gasteiger partial charge in [-0.2, -0.15) is 0 Å². The summed E-state index contributed by atoms with van der Waals surface area (Å²) >= 11 is 6.73. The van der Waals surface area contributed by atoms with E-state index in [0.29, 0.717) is 12.2 Å². The number of hydrogen-bond acceptors (Lipinski definition) is 7. The lowest BCUT2D eigenvalue weighted by molar-refractivity contribution is -0.149. The molecule has 10 heteroatoms. The number of anilines is 1. The lowest BCUT2D eigenvalue weighted by atomic mass is 9.75. The number of ether oxygens (including phenoxy) is 2. The van der Waals surface area contributed by atoms with Crippen LogP contribution in [0, 0.1) is 11.3 Å². The number of carboxylic acids is 1. The monoisotopic (exact) mass is 518 g/mol. The van der Waals surface area contributed by atoms with Gasteiger partial charge in [-0.05, 0) is 50.5 Å². The summed E-state index contributed by atoms with van der Waals surface area (Å²) in [5.41, 5.74) is 1.78. The minimum atomic E-state index is -1.21. The van der Waals surface area contributed by atoms with Gasteiger partial charge in [0.15, 0.2) is 0 Å². The van der Waals surface area contributed by atoms with E-state index in [-0.39, 0.29) is 24.0 Å². The second kappa shape index (κ2) is 10.1. The maximum atomic E-state index is 14.7. The average Bonchev–Trinajstić information content (AvgIpc) is 3.24. The van der Waals surface area contributed by atoms with E-state index in [1.54, 1.807) is 6.08 Å². The summed E-state index contributed by atoms with van der Waals surface area (Å²) in [5.74, 6) is -1.89. The molecule has 3 N–H and O–H groups in total. The van der Waals surface area contributed by atoms with Crippen LogP contribution in [0.25, 0.3) is 0 Å². The number of fused-ring (bicyclic) bond motifs is 1. The zero-order valence-corrected chi connectivity index (χ0v) is 21.2. The second-order valence-electron chi connectivity index (χ2n) is 10.2. The molecule has 1 aromatic carbocycles. The van der Waals surface area contributed by atoms with E-state index in [2.05, 4.69) is 39.8 Å². The fraction of sp³-hybridized carbons (Fsp3) is 0.538. The topological polar surface area (TPSA) is 95.4 Å². The third-order valence-electron chi connectivity index (χ3n) is 7.49. The molecule has 8 nitrogen and oxygen atoms in total. The van der Waals surface area contributed by atoms with E-state index in [0.717, 1.165) is 43.3 Å². The molecule has 1 aromatic rings. The molecule has 1 aliphatic carbocycles. The molecule has 4 aliphatic rings. The van der Waals surface area contributed by atoms with Crippen molar-refractivity contribution in [2.24, 2.45) is 16.3 Å². The Kier molecular flexibility index (Phi) is 7.09. The van der Waals surface area contributed by atoms with Gasteiger partial charge in [0.05, 0.1) is 29.7 Å². The zero-order chi connectivity index (χ0) is 25.4. The maximum Gasteiger partial charge on any atom is 0.309 e. The summed E-state index contributed by atoms with van der Waals surface area (Å²) in [6.45, 7) is 6.31. The normalized spacial score (nSPS) is 30.7. The highest BCUT2D eigenvalue weighted by atomic mass is 35.5. The van der Waals surface area contributed by atoms with Crippen molar-refractivity contribution in [1.29, 1.82) is 0 Å². The molecule has 5 unspecified atom stereocenters. The first-order chi connectivity index (χ1) is 17.2. The van der Waals surface area contributed by atoms with Gasteiger partial charge in [-0.1, -0.05) is 12.1 Å². The molecule has 3 heterocycles. The number of nitrogens with one attached hydrogen (secondary N) is 2.